The van der Waals surface area contributed by atoms with E-state index in [1.54, 1.807) is 0 Å². The van der Waals surface area contributed by atoms with E-state index in [1.165, 1.54) is 25.4 Å². The van der Waals surface area contributed by atoms with Gasteiger partial charge in [0.15, 0.2) is 0 Å². The van der Waals surface area contributed by atoms with E-state index in [2.05, 4.69) is 32.9 Å². The molecular formula is C11H19P. The Morgan fingerprint density at radius 1 is 1.17 bits per heavy atom. The monoisotopic (exact) mass is 182 g/mol. The fourth-order valence-corrected chi connectivity index (χ4v) is 7.06. The SMILES string of the molecule is CCP1C2(C)C=CC1(C)CCC2. The van der Waals surface area contributed by atoms with Gasteiger partial charge in [0.25, 0.3) is 0 Å². The lowest BCUT2D eigenvalue weighted by Gasteiger charge is -2.45. The van der Waals surface area contributed by atoms with Crippen LogP contribution >= 0.6 is 7.92 Å². The Morgan fingerprint density at radius 3 is 2.00 bits per heavy atom. The normalized spacial score (nSPS) is 51.4. The predicted molar refractivity (Wildman–Crippen MR) is 57.3 cm³/mol. The van der Waals surface area contributed by atoms with Crippen LogP contribution < -0.4 is 0 Å². The van der Waals surface area contributed by atoms with Crippen LogP contribution in [0.4, 0.5) is 0 Å². The molecule has 0 aliphatic carbocycles. The van der Waals surface area contributed by atoms with Crippen LogP contribution in [0.15, 0.2) is 12.2 Å². The first-order valence-electron chi connectivity index (χ1n) is 5.09. The Labute approximate surface area is 77.2 Å². The standard InChI is InChI=1S/C11H19P/c1-4-12-10(2)6-5-7-11(12,3)9-8-10/h8-9H,4-7H2,1-3H3. The molecule has 2 atom stereocenters. The predicted octanol–water partition coefficient (Wildman–Crippen LogP) is 3.76. The van der Waals surface area contributed by atoms with E-state index in [0.29, 0.717) is 10.3 Å². The molecule has 0 amide bonds. The fourth-order valence-electron chi connectivity index (χ4n) is 3.09. The molecule has 0 spiro atoms. The Hall–Kier alpha value is 0.170. The summed E-state index contributed by atoms with van der Waals surface area (Å²) in [6.45, 7) is 7.33. The van der Waals surface area contributed by atoms with E-state index in [9.17, 15) is 0 Å². The number of rotatable bonds is 1. The van der Waals surface area contributed by atoms with Crippen LogP contribution in [-0.4, -0.2) is 16.5 Å². The van der Waals surface area contributed by atoms with Crippen LogP contribution in [0, 0.1) is 0 Å². The van der Waals surface area contributed by atoms with Gasteiger partial charge >= 0.3 is 0 Å². The molecule has 1 fully saturated rings. The maximum Gasteiger partial charge on any atom is 0.00634 e. The zero-order chi connectivity index (χ0) is 8.82. The Kier molecular flexibility index (Phi) is 1.88. The zero-order valence-corrected chi connectivity index (χ0v) is 9.32. The number of hydrogen-bond acceptors (Lipinski definition) is 0. The summed E-state index contributed by atoms with van der Waals surface area (Å²) >= 11 is 0. The van der Waals surface area contributed by atoms with Gasteiger partial charge in [-0.2, -0.15) is 0 Å². The largest absolute Gasteiger partial charge is 0.0869 e. The average molecular weight is 182 g/mol. The van der Waals surface area contributed by atoms with Crippen molar-refractivity contribution in [2.75, 3.05) is 6.16 Å². The van der Waals surface area contributed by atoms with Crippen molar-refractivity contribution in [3.05, 3.63) is 12.2 Å². The molecule has 2 unspecified atom stereocenters. The molecule has 2 aliphatic heterocycles. The summed E-state index contributed by atoms with van der Waals surface area (Å²) in [4.78, 5) is 0. The van der Waals surface area contributed by atoms with Gasteiger partial charge in [-0.25, -0.2) is 0 Å². The summed E-state index contributed by atoms with van der Waals surface area (Å²) < 4.78 is 0. The summed E-state index contributed by atoms with van der Waals surface area (Å²) in [5.74, 6) is 0. The molecular weight excluding hydrogens is 163 g/mol. The lowest BCUT2D eigenvalue weighted by molar-refractivity contribution is 0.543. The molecule has 0 aromatic rings. The Balaban J connectivity index is 2.34. The van der Waals surface area contributed by atoms with Gasteiger partial charge in [-0.05, 0) is 19.0 Å². The molecule has 0 N–H and O–H groups in total. The lowest BCUT2D eigenvalue weighted by Crippen LogP contribution is -2.31. The van der Waals surface area contributed by atoms with Crippen molar-refractivity contribution in [3.63, 3.8) is 0 Å². The molecule has 68 valence electrons. The molecule has 2 bridgehead atoms. The van der Waals surface area contributed by atoms with Crippen LogP contribution in [0.2, 0.25) is 0 Å². The molecule has 0 aromatic carbocycles. The quantitative estimate of drug-likeness (QED) is 0.428. The number of allylic oxidation sites excluding steroid dienone is 2. The van der Waals surface area contributed by atoms with E-state index >= 15 is 0 Å². The first kappa shape index (κ1) is 8.75. The van der Waals surface area contributed by atoms with Gasteiger partial charge in [0.2, 0.25) is 0 Å². The first-order chi connectivity index (χ1) is 5.61. The Bertz CT molecular complexity index is 201. The van der Waals surface area contributed by atoms with Gasteiger partial charge in [-0.1, -0.05) is 47.3 Å². The van der Waals surface area contributed by atoms with Crippen molar-refractivity contribution in [3.8, 4) is 0 Å². The van der Waals surface area contributed by atoms with Crippen LogP contribution in [0.3, 0.4) is 0 Å². The fraction of sp³-hybridized carbons (Fsp3) is 0.818. The highest BCUT2D eigenvalue weighted by molar-refractivity contribution is 7.61. The van der Waals surface area contributed by atoms with E-state index in [4.69, 9.17) is 0 Å². The van der Waals surface area contributed by atoms with Gasteiger partial charge in [0.05, 0.1) is 0 Å². The molecule has 2 rings (SSSR count). The zero-order valence-electron chi connectivity index (χ0n) is 8.43. The minimum atomic E-state index is 0.244. The molecule has 1 heteroatoms. The first-order valence-corrected chi connectivity index (χ1v) is 6.62. The molecule has 0 saturated carbocycles. The van der Waals surface area contributed by atoms with E-state index in [1.807, 2.05) is 0 Å². The smallest absolute Gasteiger partial charge is 0.00634 e. The number of hydrogen-bond donors (Lipinski definition) is 0. The summed E-state index contributed by atoms with van der Waals surface area (Å²) in [5, 5.41) is 1.22. The van der Waals surface area contributed by atoms with E-state index < -0.39 is 0 Å². The van der Waals surface area contributed by atoms with E-state index in [0.717, 1.165) is 0 Å². The third-order valence-corrected chi connectivity index (χ3v) is 7.56. The van der Waals surface area contributed by atoms with Gasteiger partial charge < -0.3 is 0 Å². The highest BCUT2D eigenvalue weighted by Crippen LogP contribution is 2.70. The van der Waals surface area contributed by atoms with Crippen LogP contribution in [0.5, 0.6) is 0 Å². The van der Waals surface area contributed by atoms with Crippen molar-refractivity contribution in [2.24, 2.45) is 0 Å². The summed E-state index contributed by atoms with van der Waals surface area (Å²) in [7, 11) is 0.244. The maximum atomic E-state index is 2.52. The van der Waals surface area contributed by atoms with Crippen LogP contribution in [0.1, 0.15) is 40.0 Å². The second kappa shape index (κ2) is 2.58. The minimum absolute atomic E-state index is 0.244. The Morgan fingerprint density at radius 2 is 1.67 bits per heavy atom. The minimum Gasteiger partial charge on any atom is -0.0869 e. The average Bonchev–Trinajstić information content (AvgIpc) is 2.14. The maximum absolute atomic E-state index is 2.52. The highest BCUT2D eigenvalue weighted by atomic mass is 31.1. The molecule has 12 heavy (non-hydrogen) atoms. The van der Waals surface area contributed by atoms with Gasteiger partial charge in [0, 0.05) is 10.3 Å². The molecule has 0 nitrogen and oxygen atoms in total. The van der Waals surface area contributed by atoms with Crippen LogP contribution in [-0.2, 0) is 0 Å². The molecule has 0 radical (unpaired) electrons. The van der Waals surface area contributed by atoms with Crippen molar-refractivity contribution in [1.29, 1.82) is 0 Å². The molecule has 1 saturated heterocycles. The number of fused-ring (bicyclic) bond motifs is 2. The van der Waals surface area contributed by atoms with E-state index in [-0.39, 0.29) is 7.92 Å². The summed E-state index contributed by atoms with van der Waals surface area (Å²) in [6.07, 6.45) is 10.8. The molecule has 2 aliphatic rings. The topological polar surface area (TPSA) is 0 Å². The second-order valence-corrected chi connectivity index (χ2v) is 8.18. The second-order valence-electron chi connectivity index (χ2n) is 4.65. The summed E-state index contributed by atoms with van der Waals surface area (Å²) in [6, 6.07) is 0. The van der Waals surface area contributed by atoms with Crippen molar-refractivity contribution >= 4 is 7.92 Å². The van der Waals surface area contributed by atoms with Gasteiger partial charge in [0.1, 0.15) is 0 Å². The van der Waals surface area contributed by atoms with Gasteiger partial charge in [-0.15, -0.1) is 0 Å². The molecule has 0 aromatic heterocycles. The van der Waals surface area contributed by atoms with Crippen molar-refractivity contribution < 1.29 is 0 Å². The highest BCUT2D eigenvalue weighted by Gasteiger charge is 2.48. The van der Waals surface area contributed by atoms with Crippen LogP contribution in [0.25, 0.3) is 0 Å². The third kappa shape index (κ3) is 1.01. The molecule has 2 heterocycles. The van der Waals surface area contributed by atoms with Crippen molar-refractivity contribution in [1.82, 2.24) is 0 Å². The van der Waals surface area contributed by atoms with Gasteiger partial charge in [-0.3, -0.25) is 0 Å². The lowest BCUT2D eigenvalue weighted by atomic mass is 10.0. The summed E-state index contributed by atoms with van der Waals surface area (Å²) in [5.41, 5.74) is 0. The third-order valence-electron chi connectivity index (χ3n) is 3.72. The van der Waals surface area contributed by atoms with Crippen molar-refractivity contribution in [2.45, 2.75) is 50.3 Å².